The molecular formula is C21H30N4O2S. The first kappa shape index (κ1) is 20.8. The van der Waals surface area contributed by atoms with Gasteiger partial charge in [0.25, 0.3) is 0 Å². The van der Waals surface area contributed by atoms with E-state index < -0.39 is 0 Å². The molecule has 0 bridgehead atoms. The average Bonchev–Trinajstić information content (AvgIpc) is 3.14. The van der Waals surface area contributed by atoms with Crippen molar-refractivity contribution in [3.63, 3.8) is 0 Å². The highest BCUT2D eigenvalue weighted by atomic mass is 32.1. The van der Waals surface area contributed by atoms with Crippen molar-refractivity contribution in [2.45, 2.75) is 52.0 Å². The molecule has 1 aromatic carbocycles. The number of morpholine rings is 1. The first-order chi connectivity index (χ1) is 13.3. The minimum absolute atomic E-state index is 0.134. The molecular weight excluding hydrogens is 372 g/mol. The smallest absolute Gasteiger partial charge is 0.315 e. The maximum atomic E-state index is 12.3. The topological polar surface area (TPSA) is 66.5 Å². The number of hydrogen-bond donors (Lipinski definition) is 2. The lowest BCUT2D eigenvalue weighted by Crippen LogP contribution is -2.59. The fourth-order valence-electron chi connectivity index (χ4n) is 3.42. The first-order valence-corrected chi connectivity index (χ1v) is 10.6. The lowest BCUT2D eigenvalue weighted by Gasteiger charge is -2.45. The number of ether oxygens (including phenoxy) is 1. The number of hydrogen-bond acceptors (Lipinski definition) is 5. The summed E-state index contributed by atoms with van der Waals surface area (Å²) < 4.78 is 5.81. The second-order valence-electron chi connectivity index (χ2n) is 8.02. The summed E-state index contributed by atoms with van der Waals surface area (Å²) in [4.78, 5) is 19.3. The van der Waals surface area contributed by atoms with Gasteiger partial charge in [-0.25, -0.2) is 9.78 Å². The van der Waals surface area contributed by atoms with E-state index in [1.165, 1.54) is 0 Å². The molecule has 2 atom stereocenters. The number of thiazole rings is 1. The first-order valence-electron chi connectivity index (χ1n) is 9.75. The highest BCUT2D eigenvalue weighted by Gasteiger charge is 2.33. The van der Waals surface area contributed by atoms with Crippen LogP contribution in [0.2, 0.25) is 0 Å². The fourth-order valence-corrected chi connectivity index (χ4v) is 4.24. The normalized spacial score (nSPS) is 20.7. The molecule has 2 heterocycles. The van der Waals surface area contributed by atoms with Gasteiger partial charge in [-0.2, -0.15) is 0 Å². The van der Waals surface area contributed by atoms with E-state index in [9.17, 15) is 4.79 Å². The van der Waals surface area contributed by atoms with Gasteiger partial charge >= 0.3 is 6.03 Å². The molecule has 3 rings (SSSR count). The largest absolute Gasteiger partial charge is 0.373 e. The number of nitrogens with zero attached hydrogens (tertiary/aromatic N) is 2. The van der Waals surface area contributed by atoms with Crippen molar-refractivity contribution in [1.29, 1.82) is 0 Å². The van der Waals surface area contributed by atoms with E-state index >= 15 is 0 Å². The Bertz CT molecular complexity index is 768. The Kier molecular flexibility index (Phi) is 6.69. The quantitative estimate of drug-likeness (QED) is 0.776. The van der Waals surface area contributed by atoms with Crippen molar-refractivity contribution >= 4 is 17.4 Å². The second kappa shape index (κ2) is 9.03. The molecule has 1 aliphatic rings. The standard InChI is InChI=1S/C21H30N4O2S/c1-15-11-25(12-16(2)27-15)21(3,4)14-23-20(26)22-10-18-13-28-19(24-18)17-8-6-5-7-9-17/h5-9,13,15-16H,10-12,14H2,1-4H3,(H2,22,23,26). The van der Waals surface area contributed by atoms with Gasteiger partial charge in [0.15, 0.2) is 0 Å². The fraction of sp³-hybridized carbons (Fsp3) is 0.524. The van der Waals surface area contributed by atoms with Gasteiger partial charge in [-0.1, -0.05) is 30.3 Å². The summed E-state index contributed by atoms with van der Waals surface area (Å²) >= 11 is 1.59. The molecule has 2 N–H and O–H groups in total. The predicted molar refractivity (Wildman–Crippen MR) is 113 cm³/mol. The van der Waals surface area contributed by atoms with Gasteiger partial charge in [0.05, 0.1) is 24.4 Å². The zero-order valence-electron chi connectivity index (χ0n) is 17.1. The van der Waals surface area contributed by atoms with Crippen LogP contribution in [-0.4, -0.2) is 53.3 Å². The predicted octanol–water partition coefficient (Wildman–Crippen LogP) is 3.50. The number of rotatable bonds is 6. The van der Waals surface area contributed by atoms with Crippen LogP contribution in [0.25, 0.3) is 10.6 Å². The Morgan fingerprint density at radius 3 is 2.57 bits per heavy atom. The summed E-state index contributed by atoms with van der Waals surface area (Å²) in [5, 5.41) is 8.87. The molecule has 0 spiro atoms. The van der Waals surface area contributed by atoms with Gasteiger partial charge in [-0.3, -0.25) is 4.90 Å². The van der Waals surface area contributed by atoms with E-state index in [1.54, 1.807) is 11.3 Å². The Hall–Kier alpha value is -1.96. The monoisotopic (exact) mass is 402 g/mol. The number of nitrogens with one attached hydrogen (secondary N) is 2. The molecule has 7 heteroatoms. The molecule has 1 saturated heterocycles. The van der Waals surface area contributed by atoms with E-state index in [1.807, 2.05) is 35.7 Å². The van der Waals surface area contributed by atoms with Gasteiger partial charge in [0.1, 0.15) is 5.01 Å². The molecule has 1 fully saturated rings. The van der Waals surface area contributed by atoms with Crippen molar-refractivity contribution in [1.82, 2.24) is 20.5 Å². The van der Waals surface area contributed by atoms with Crippen LogP contribution in [0.3, 0.4) is 0 Å². The molecule has 0 aliphatic carbocycles. The number of carbonyl (C=O) groups is 1. The molecule has 1 aromatic heterocycles. The Labute approximate surface area is 171 Å². The van der Waals surface area contributed by atoms with Crippen molar-refractivity contribution in [2.24, 2.45) is 0 Å². The molecule has 2 aromatic rings. The summed E-state index contributed by atoms with van der Waals surface area (Å²) in [6.45, 7) is 11.2. The van der Waals surface area contributed by atoms with E-state index in [2.05, 4.69) is 48.2 Å². The third kappa shape index (κ3) is 5.53. The Morgan fingerprint density at radius 1 is 1.21 bits per heavy atom. The van der Waals surface area contributed by atoms with Crippen molar-refractivity contribution in [3.05, 3.63) is 41.4 Å². The van der Waals surface area contributed by atoms with Crippen LogP contribution in [0.15, 0.2) is 35.7 Å². The summed E-state index contributed by atoms with van der Waals surface area (Å²) in [5.41, 5.74) is 1.83. The number of urea groups is 1. The molecule has 2 unspecified atom stereocenters. The van der Waals surface area contributed by atoms with Gasteiger partial charge in [-0.05, 0) is 27.7 Å². The van der Waals surface area contributed by atoms with E-state index in [0.717, 1.165) is 29.4 Å². The summed E-state index contributed by atoms with van der Waals surface area (Å²) in [6.07, 6.45) is 0.417. The number of amides is 2. The van der Waals surface area contributed by atoms with Gasteiger partial charge in [0.2, 0.25) is 0 Å². The second-order valence-corrected chi connectivity index (χ2v) is 8.88. The lowest BCUT2D eigenvalue weighted by atomic mass is 10.0. The van der Waals surface area contributed by atoms with Crippen LogP contribution in [0.5, 0.6) is 0 Å². The average molecular weight is 403 g/mol. The summed E-state index contributed by atoms with van der Waals surface area (Å²) in [6, 6.07) is 9.90. The maximum absolute atomic E-state index is 12.3. The molecule has 0 saturated carbocycles. The highest BCUT2D eigenvalue weighted by molar-refractivity contribution is 7.13. The summed E-state index contributed by atoms with van der Waals surface area (Å²) in [5.74, 6) is 0. The SMILES string of the molecule is CC1CN(C(C)(C)CNC(=O)NCc2csc(-c3ccccc3)n2)CC(C)O1. The van der Waals surface area contributed by atoms with Gasteiger partial charge in [0, 0.05) is 36.1 Å². The molecule has 1 aliphatic heterocycles. The molecule has 6 nitrogen and oxygen atoms in total. The third-order valence-electron chi connectivity index (χ3n) is 4.96. The number of benzene rings is 1. The molecule has 28 heavy (non-hydrogen) atoms. The number of aromatic nitrogens is 1. The minimum atomic E-state index is -0.170. The highest BCUT2D eigenvalue weighted by Crippen LogP contribution is 2.23. The molecule has 2 amide bonds. The van der Waals surface area contributed by atoms with Gasteiger partial charge in [-0.15, -0.1) is 11.3 Å². The van der Waals surface area contributed by atoms with Crippen LogP contribution < -0.4 is 10.6 Å². The van der Waals surface area contributed by atoms with Gasteiger partial charge < -0.3 is 15.4 Å². The zero-order valence-corrected chi connectivity index (χ0v) is 17.9. The maximum Gasteiger partial charge on any atom is 0.315 e. The third-order valence-corrected chi connectivity index (χ3v) is 5.90. The minimum Gasteiger partial charge on any atom is -0.373 e. The number of carbonyl (C=O) groups excluding carboxylic acids is 1. The Balaban J connectivity index is 1.46. The van der Waals surface area contributed by atoms with Crippen LogP contribution in [0.4, 0.5) is 4.79 Å². The Morgan fingerprint density at radius 2 is 1.89 bits per heavy atom. The van der Waals surface area contributed by atoms with Crippen LogP contribution in [0, 0.1) is 0 Å². The van der Waals surface area contributed by atoms with Crippen LogP contribution in [0.1, 0.15) is 33.4 Å². The van der Waals surface area contributed by atoms with Crippen LogP contribution in [-0.2, 0) is 11.3 Å². The van der Waals surface area contributed by atoms with Crippen molar-refractivity contribution in [2.75, 3.05) is 19.6 Å². The zero-order chi connectivity index (χ0) is 20.1. The molecule has 0 radical (unpaired) electrons. The lowest BCUT2D eigenvalue weighted by molar-refractivity contribution is -0.0947. The van der Waals surface area contributed by atoms with Crippen molar-refractivity contribution < 1.29 is 9.53 Å². The summed E-state index contributed by atoms with van der Waals surface area (Å²) in [7, 11) is 0. The van der Waals surface area contributed by atoms with E-state index in [-0.39, 0.29) is 23.8 Å². The molecule has 152 valence electrons. The van der Waals surface area contributed by atoms with E-state index in [4.69, 9.17) is 4.74 Å². The van der Waals surface area contributed by atoms with Crippen LogP contribution >= 0.6 is 11.3 Å². The van der Waals surface area contributed by atoms with Crippen molar-refractivity contribution in [3.8, 4) is 10.6 Å². The van der Waals surface area contributed by atoms with E-state index in [0.29, 0.717) is 13.1 Å².